The number of nitrogens with zero attached hydrogens (tertiary/aromatic N) is 2. The molecular weight excluding hydrogens is 289 g/mol. The largest absolute Gasteiger partial charge is 0.447 e. The molecule has 3 rings (SSSR count). The number of cyclic esters (lactones) is 1. The maximum atomic E-state index is 12.9. The number of amides is 2. The molecule has 0 saturated carbocycles. The predicted octanol–water partition coefficient (Wildman–Crippen LogP) is -0.491. The van der Waals surface area contributed by atoms with Crippen LogP contribution in [0, 0.1) is 5.82 Å². The van der Waals surface area contributed by atoms with Crippen molar-refractivity contribution < 1.29 is 23.6 Å². The fourth-order valence-electron chi connectivity index (χ4n) is 2.84. The molecule has 0 unspecified atom stereocenters. The number of quaternary nitrogens is 1. The summed E-state index contributed by atoms with van der Waals surface area (Å²) in [4.78, 5) is 27.9. The lowest BCUT2D eigenvalue weighted by atomic mass is 10.2. The van der Waals surface area contributed by atoms with Crippen LogP contribution in [0.4, 0.5) is 14.9 Å². The van der Waals surface area contributed by atoms with Crippen LogP contribution in [0.5, 0.6) is 0 Å². The zero-order valence-electron chi connectivity index (χ0n) is 12.3. The average molecular weight is 308 g/mol. The number of anilines is 1. The summed E-state index contributed by atoms with van der Waals surface area (Å²) in [6.45, 7) is 4.19. The van der Waals surface area contributed by atoms with Crippen molar-refractivity contribution in [2.24, 2.45) is 0 Å². The molecular formula is C15H19FN3O3+. The molecule has 2 amide bonds. The van der Waals surface area contributed by atoms with Gasteiger partial charge in [-0.15, -0.1) is 0 Å². The van der Waals surface area contributed by atoms with E-state index >= 15 is 0 Å². The van der Waals surface area contributed by atoms with Gasteiger partial charge < -0.3 is 14.5 Å². The molecule has 1 aromatic carbocycles. The van der Waals surface area contributed by atoms with E-state index in [1.54, 1.807) is 12.1 Å². The Morgan fingerprint density at radius 3 is 2.45 bits per heavy atom. The molecule has 0 bridgehead atoms. The SMILES string of the molecule is O=C(C[NH+]1CCN(c2ccc(F)cc2)CC1)N1CCOC1=O. The quantitative estimate of drug-likeness (QED) is 0.819. The van der Waals surface area contributed by atoms with Crippen molar-refractivity contribution in [3.63, 3.8) is 0 Å². The Balaban J connectivity index is 1.50. The van der Waals surface area contributed by atoms with E-state index < -0.39 is 6.09 Å². The summed E-state index contributed by atoms with van der Waals surface area (Å²) in [6.07, 6.45) is -0.533. The summed E-state index contributed by atoms with van der Waals surface area (Å²) in [6, 6.07) is 6.45. The zero-order valence-corrected chi connectivity index (χ0v) is 12.3. The van der Waals surface area contributed by atoms with E-state index in [9.17, 15) is 14.0 Å². The number of hydrogen-bond donors (Lipinski definition) is 1. The Labute approximate surface area is 128 Å². The maximum Gasteiger partial charge on any atom is 0.416 e. The first-order valence-corrected chi connectivity index (χ1v) is 7.45. The predicted molar refractivity (Wildman–Crippen MR) is 77.2 cm³/mol. The summed E-state index contributed by atoms with van der Waals surface area (Å²) in [5.74, 6) is -0.413. The first-order valence-electron chi connectivity index (χ1n) is 7.45. The van der Waals surface area contributed by atoms with Gasteiger partial charge in [0.05, 0.1) is 32.7 Å². The third-order valence-corrected chi connectivity index (χ3v) is 4.13. The van der Waals surface area contributed by atoms with E-state index in [-0.39, 0.29) is 18.3 Å². The van der Waals surface area contributed by atoms with Crippen LogP contribution in [0.2, 0.25) is 0 Å². The Kier molecular flexibility index (Phi) is 4.24. The number of carbonyl (C=O) groups is 2. The van der Waals surface area contributed by atoms with Gasteiger partial charge in [0.15, 0.2) is 6.54 Å². The van der Waals surface area contributed by atoms with Crippen LogP contribution in [0.15, 0.2) is 24.3 Å². The minimum Gasteiger partial charge on any atom is -0.447 e. The summed E-state index contributed by atoms with van der Waals surface area (Å²) >= 11 is 0. The van der Waals surface area contributed by atoms with Crippen molar-refractivity contribution in [1.82, 2.24) is 4.90 Å². The van der Waals surface area contributed by atoms with Gasteiger partial charge in [-0.05, 0) is 24.3 Å². The molecule has 1 aromatic rings. The Morgan fingerprint density at radius 2 is 1.86 bits per heavy atom. The van der Waals surface area contributed by atoms with Crippen LogP contribution in [-0.2, 0) is 9.53 Å². The van der Waals surface area contributed by atoms with Crippen molar-refractivity contribution in [3.8, 4) is 0 Å². The number of imide groups is 1. The van der Waals surface area contributed by atoms with Crippen molar-refractivity contribution in [3.05, 3.63) is 30.1 Å². The number of halogens is 1. The molecule has 2 aliphatic heterocycles. The number of hydrogen-bond acceptors (Lipinski definition) is 4. The summed E-state index contributed by atoms with van der Waals surface area (Å²) in [5.41, 5.74) is 0.995. The monoisotopic (exact) mass is 308 g/mol. The van der Waals surface area contributed by atoms with Gasteiger partial charge in [-0.3, -0.25) is 4.79 Å². The molecule has 22 heavy (non-hydrogen) atoms. The minimum absolute atomic E-state index is 0.173. The number of rotatable bonds is 3. The van der Waals surface area contributed by atoms with Crippen LogP contribution in [-0.4, -0.2) is 62.8 Å². The molecule has 118 valence electrons. The topological polar surface area (TPSA) is 54.3 Å². The Bertz CT molecular complexity index is 556. The second-order valence-corrected chi connectivity index (χ2v) is 5.55. The summed E-state index contributed by atoms with van der Waals surface area (Å²) in [7, 11) is 0. The number of nitrogens with one attached hydrogen (secondary N) is 1. The van der Waals surface area contributed by atoms with Gasteiger partial charge in [0.1, 0.15) is 12.4 Å². The second kappa shape index (κ2) is 6.31. The van der Waals surface area contributed by atoms with Crippen LogP contribution in [0.1, 0.15) is 0 Å². The van der Waals surface area contributed by atoms with Crippen molar-refractivity contribution in [1.29, 1.82) is 0 Å². The molecule has 0 spiro atoms. The maximum absolute atomic E-state index is 12.9. The van der Waals surface area contributed by atoms with Gasteiger partial charge in [0.2, 0.25) is 0 Å². The van der Waals surface area contributed by atoms with Gasteiger partial charge in [0.25, 0.3) is 5.91 Å². The third-order valence-electron chi connectivity index (χ3n) is 4.13. The lowest BCUT2D eigenvalue weighted by Crippen LogP contribution is -3.15. The van der Waals surface area contributed by atoms with Crippen LogP contribution >= 0.6 is 0 Å². The minimum atomic E-state index is -0.533. The summed E-state index contributed by atoms with van der Waals surface area (Å²) < 4.78 is 17.7. The molecule has 0 aromatic heterocycles. The van der Waals surface area contributed by atoms with E-state index in [1.165, 1.54) is 17.0 Å². The van der Waals surface area contributed by atoms with E-state index in [1.807, 2.05) is 0 Å². The molecule has 0 atom stereocenters. The van der Waals surface area contributed by atoms with Gasteiger partial charge in [-0.25, -0.2) is 14.1 Å². The summed E-state index contributed by atoms with van der Waals surface area (Å²) in [5, 5.41) is 0. The number of ether oxygens (including phenoxy) is 1. The van der Waals surface area contributed by atoms with E-state index in [4.69, 9.17) is 4.74 Å². The number of piperazine rings is 1. The van der Waals surface area contributed by atoms with Gasteiger partial charge in [-0.2, -0.15) is 0 Å². The zero-order chi connectivity index (χ0) is 15.5. The fraction of sp³-hybridized carbons (Fsp3) is 0.467. The van der Waals surface area contributed by atoms with E-state index in [0.717, 1.165) is 36.8 Å². The van der Waals surface area contributed by atoms with Crippen molar-refractivity contribution in [2.75, 3.05) is 50.8 Å². The highest BCUT2D eigenvalue weighted by molar-refractivity contribution is 5.93. The molecule has 2 aliphatic rings. The van der Waals surface area contributed by atoms with Crippen molar-refractivity contribution >= 4 is 17.7 Å². The molecule has 0 aliphatic carbocycles. The van der Waals surface area contributed by atoms with Crippen molar-refractivity contribution in [2.45, 2.75) is 0 Å². The van der Waals surface area contributed by atoms with Gasteiger partial charge >= 0.3 is 6.09 Å². The third kappa shape index (κ3) is 3.19. The standard InChI is InChI=1S/C15H18FN3O3/c16-12-1-3-13(4-2-12)18-7-5-17(6-8-18)11-14(20)19-9-10-22-15(19)21/h1-4H,5-11H2/p+1. The lowest BCUT2D eigenvalue weighted by Gasteiger charge is -2.33. The molecule has 7 heteroatoms. The first-order chi connectivity index (χ1) is 10.6. The Morgan fingerprint density at radius 1 is 1.18 bits per heavy atom. The molecule has 2 fully saturated rings. The molecule has 2 heterocycles. The number of benzene rings is 1. The molecule has 0 radical (unpaired) electrons. The fourth-order valence-corrected chi connectivity index (χ4v) is 2.84. The smallest absolute Gasteiger partial charge is 0.416 e. The Hall–Kier alpha value is -2.15. The highest BCUT2D eigenvalue weighted by atomic mass is 19.1. The van der Waals surface area contributed by atoms with Gasteiger partial charge in [-0.1, -0.05) is 0 Å². The van der Waals surface area contributed by atoms with E-state index in [2.05, 4.69) is 4.90 Å². The highest BCUT2D eigenvalue weighted by Gasteiger charge is 2.32. The average Bonchev–Trinajstić information content (AvgIpc) is 2.95. The first kappa shape index (κ1) is 14.8. The van der Waals surface area contributed by atoms with Crippen LogP contribution in [0.3, 0.4) is 0 Å². The second-order valence-electron chi connectivity index (χ2n) is 5.55. The molecule has 2 saturated heterocycles. The van der Waals surface area contributed by atoms with E-state index in [0.29, 0.717) is 13.1 Å². The van der Waals surface area contributed by atoms with Crippen LogP contribution < -0.4 is 9.80 Å². The molecule has 1 N–H and O–H groups in total. The van der Waals surface area contributed by atoms with Crippen LogP contribution in [0.25, 0.3) is 0 Å². The van der Waals surface area contributed by atoms with Gasteiger partial charge in [0, 0.05) is 5.69 Å². The highest BCUT2D eigenvalue weighted by Crippen LogP contribution is 2.14. The number of carbonyl (C=O) groups excluding carboxylic acids is 2. The normalized spacial score (nSPS) is 19.4. The molecule has 6 nitrogen and oxygen atoms in total. The lowest BCUT2D eigenvalue weighted by molar-refractivity contribution is -0.892.